The molecule has 92 valence electrons. The number of hydrogen-bond acceptors (Lipinski definition) is 1. The molecule has 0 saturated heterocycles. The predicted octanol–water partition coefficient (Wildman–Crippen LogP) is 3.99. The van der Waals surface area contributed by atoms with Gasteiger partial charge in [-0.2, -0.15) is 0 Å². The van der Waals surface area contributed by atoms with Gasteiger partial charge in [-0.15, -0.1) is 0 Å². The topological polar surface area (TPSA) is 17.1 Å². The number of ketones is 1. The van der Waals surface area contributed by atoms with Gasteiger partial charge in [0, 0.05) is 21.6 Å². The molecular weight excluding hydrogens is 349 g/mol. The Balaban J connectivity index is 2.21. The first-order chi connectivity index (χ1) is 8.54. The van der Waals surface area contributed by atoms with E-state index in [0.29, 0.717) is 11.1 Å². The van der Waals surface area contributed by atoms with Crippen LogP contribution in [0.1, 0.15) is 15.9 Å². The van der Waals surface area contributed by atoms with Crippen molar-refractivity contribution >= 4 is 28.4 Å². The summed E-state index contributed by atoms with van der Waals surface area (Å²) in [5.74, 6) is -1.49. The molecule has 0 amide bonds. The van der Waals surface area contributed by atoms with Crippen molar-refractivity contribution in [1.82, 2.24) is 0 Å². The van der Waals surface area contributed by atoms with Crippen LogP contribution in [0.2, 0.25) is 0 Å². The van der Waals surface area contributed by atoms with E-state index in [4.69, 9.17) is 0 Å². The molecule has 0 atom stereocenters. The summed E-state index contributed by atoms with van der Waals surface area (Å²) >= 11 is 2.11. The summed E-state index contributed by atoms with van der Waals surface area (Å²) < 4.78 is 26.9. The predicted molar refractivity (Wildman–Crippen MR) is 73.6 cm³/mol. The van der Waals surface area contributed by atoms with Gasteiger partial charge in [0.05, 0.1) is 0 Å². The SMILES string of the molecule is O=C(Cc1cc(F)cc(F)c1)c1cccc(I)c1. The highest BCUT2D eigenvalue weighted by atomic mass is 127. The van der Waals surface area contributed by atoms with Crippen molar-refractivity contribution in [1.29, 1.82) is 0 Å². The average Bonchev–Trinajstić information content (AvgIpc) is 2.27. The number of benzene rings is 2. The zero-order valence-electron chi connectivity index (χ0n) is 9.29. The maximum atomic E-state index is 13.0. The fourth-order valence-electron chi connectivity index (χ4n) is 1.66. The second-order valence-electron chi connectivity index (χ2n) is 3.89. The molecule has 4 heteroatoms. The minimum absolute atomic E-state index is 0.00519. The fraction of sp³-hybridized carbons (Fsp3) is 0.0714. The molecule has 0 N–H and O–H groups in total. The lowest BCUT2D eigenvalue weighted by molar-refractivity contribution is 0.0993. The molecule has 2 aromatic rings. The standard InChI is InChI=1S/C14H9F2IO/c15-11-4-9(5-12(16)8-11)6-14(18)10-2-1-3-13(17)7-10/h1-5,7-8H,6H2. The molecule has 0 heterocycles. The monoisotopic (exact) mass is 358 g/mol. The van der Waals surface area contributed by atoms with Crippen LogP contribution in [0.3, 0.4) is 0 Å². The van der Waals surface area contributed by atoms with Crippen LogP contribution in [0.4, 0.5) is 8.78 Å². The maximum absolute atomic E-state index is 13.0. The Morgan fingerprint density at radius 2 is 1.72 bits per heavy atom. The van der Waals surface area contributed by atoms with Crippen LogP contribution in [0.25, 0.3) is 0 Å². The maximum Gasteiger partial charge on any atom is 0.167 e. The highest BCUT2D eigenvalue weighted by molar-refractivity contribution is 14.1. The molecule has 1 nitrogen and oxygen atoms in total. The van der Waals surface area contributed by atoms with E-state index in [1.807, 2.05) is 6.07 Å². The van der Waals surface area contributed by atoms with Gasteiger partial charge in [-0.3, -0.25) is 4.79 Å². The Bertz CT molecular complexity index is 576. The molecule has 0 aliphatic heterocycles. The Morgan fingerprint density at radius 3 is 2.33 bits per heavy atom. The highest BCUT2D eigenvalue weighted by Crippen LogP contribution is 2.13. The number of rotatable bonds is 3. The van der Waals surface area contributed by atoms with Crippen LogP contribution in [0, 0.1) is 15.2 Å². The van der Waals surface area contributed by atoms with E-state index in [1.54, 1.807) is 18.2 Å². The van der Waals surface area contributed by atoms with Crippen molar-refractivity contribution in [2.45, 2.75) is 6.42 Å². The third kappa shape index (κ3) is 3.35. The molecule has 2 aromatic carbocycles. The quantitative estimate of drug-likeness (QED) is 0.599. The van der Waals surface area contributed by atoms with Gasteiger partial charge in [0.15, 0.2) is 5.78 Å². The second-order valence-corrected chi connectivity index (χ2v) is 5.13. The Labute approximate surface area is 117 Å². The van der Waals surface area contributed by atoms with Gasteiger partial charge >= 0.3 is 0 Å². The normalized spacial score (nSPS) is 10.4. The van der Waals surface area contributed by atoms with Gasteiger partial charge in [-0.05, 0) is 52.4 Å². The van der Waals surface area contributed by atoms with E-state index < -0.39 is 11.6 Å². The molecule has 2 rings (SSSR count). The van der Waals surface area contributed by atoms with Crippen molar-refractivity contribution in [3.05, 3.63) is 68.8 Å². The number of Topliss-reactive ketones (excluding diaryl/α,β-unsaturated/α-hetero) is 1. The first-order valence-corrected chi connectivity index (χ1v) is 6.36. The van der Waals surface area contributed by atoms with Crippen LogP contribution >= 0.6 is 22.6 Å². The van der Waals surface area contributed by atoms with Crippen LogP contribution in [-0.4, -0.2) is 5.78 Å². The van der Waals surface area contributed by atoms with E-state index in [0.717, 1.165) is 9.64 Å². The molecule has 0 unspecified atom stereocenters. The van der Waals surface area contributed by atoms with Crippen molar-refractivity contribution in [3.8, 4) is 0 Å². The number of carbonyl (C=O) groups excluding carboxylic acids is 1. The van der Waals surface area contributed by atoms with Crippen LogP contribution in [-0.2, 0) is 6.42 Å². The molecular formula is C14H9F2IO. The van der Waals surface area contributed by atoms with Gasteiger partial charge in [0.2, 0.25) is 0 Å². The third-order valence-corrected chi connectivity index (χ3v) is 3.10. The smallest absolute Gasteiger partial charge is 0.167 e. The molecule has 0 aromatic heterocycles. The Kier molecular flexibility index (Phi) is 4.06. The third-order valence-electron chi connectivity index (χ3n) is 2.43. The van der Waals surface area contributed by atoms with Crippen LogP contribution < -0.4 is 0 Å². The summed E-state index contributed by atoms with van der Waals surface area (Å²) in [4.78, 5) is 11.9. The van der Waals surface area contributed by atoms with Gasteiger partial charge in [-0.1, -0.05) is 12.1 Å². The molecule has 0 aliphatic carbocycles. The summed E-state index contributed by atoms with van der Waals surface area (Å²) in [6.07, 6.45) is -0.00519. The van der Waals surface area contributed by atoms with Crippen molar-refractivity contribution in [3.63, 3.8) is 0 Å². The first kappa shape index (κ1) is 13.1. The summed E-state index contributed by atoms with van der Waals surface area (Å²) in [6, 6.07) is 10.2. The van der Waals surface area contributed by atoms with Crippen LogP contribution in [0.5, 0.6) is 0 Å². The zero-order valence-corrected chi connectivity index (χ0v) is 11.4. The van der Waals surface area contributed by atoms with Gasteiger partial charge < -0.3 is 0 Å². The Morgan fingerprint density at radius 1 is 1.06 bits per heavy atom. The van der Waals surface area contributed by atoms with E-state index in [2.05, 4.69) is 22.6 Å². The lowest BCUT2D eigenvalue weighted by Gasteiger charge is -2.03. The zero-order chi connectivity index (χ0) is 13.1. The van der Waals surface area contributed by atoms with E-state index in [9.17, 15) is 13.6 Å². The fourth-order valence-corrected chi connectivity index (χ4v) is 2.21. The molecule has 0 saturated carbocycles. The van der Waals surface area contributed by atoms with E-state index in [1.165, 1.54) is 12.1 Å². The molecule has 0 aliphatic rings. The van der Waals surface area contributed by atoms with Gasteiger partial charge in [0.25, 0.3) is 0 Å². The van der Waals surface area contributed by atoms with Crippen molar-refractivity contribution in [2.75, 3.05) is 0 Å². The summed E-state index contributed by atoms with van der Waals surface area (Å²) in [5, 5.41) is 0. The number of carbonyl (C=O) groups is 1. The molecule has 18 heavy (non-hydrogen) atoms. The molecule has 0 radical (unpaired) electrons. The van der Waals surface area contributed by atoms with E-state index >= 15 is 0 Å². The van der Waals surface area contributed by atoms with Crippen molar-refractivity contribution < 1.29 is 13.6 Å². The van der Waals surface area contributed by atoms with Crippen LogP contribution in [0.15, 0.2) is 42.5 Å². The molecule has 0 fully saturated rings. The minimum Gasteiger partial charge on any atom is -0.294 e. The summed E-state index contributed by atoms with van der Waals surface area (Å²) in [7, 11) is 0. The molecule has 0 bridgehead atoms. The van der Waals surface area contributed by atoms with E-state index in [-0.39, 0.29) is 12.2 Å². The lowest BCUT2D eigenvalue weighted by Crippen LogP contribution is -2.04. The average molecular weight is 358 g/mol. The second kappa shape index (κ2) is 5.56. The first-order valence-electron chi connectivity index (χ1n) is 5.28. The highest BCUT2D eigenvalue weighted by Gasteiger charge is 2.09. The number of halogens is 3. The lowest BCUT2D eigenvalue weighted by atomic mass is 10.0. The minimum atomic E-state index is -0.666. The largest absolute Gasteiger partial charge is 0.294 e. The van der Waals surface area contributed by atoms with Gasteiger partial charge in [0.1, 0.15) is 11.6 Å². The summed E-state index contributed by atoms with van der Waals surface area (Å²) in [5.41, 5.74) is 0.892. The number of hydrogen-bond donors (Lipinski definition) is 0. The Hall–Kier alpha value is -1.30. The van der Waals surface area contributed by atoms with Gasteiger partial charge in [-0.25, -0.2) is 8.78 Å². The summed E-state index contributed by atoms with van der Waals surface area (Å²) in [6.45, 7) is 0. The van der Waals surface area contributed by atoms with Crippen molar-refractivity contribution in [2.24, 2.45) is 0 Å². The molecule has 0 spiro atoms.